The topological polar surface area (TPSA) is 69.6 Å². The molecule has 1 aliphatic carbocycles. The molecule has 5 heteroatoms. The molecule has 20 heavy (non-hydrogen) atoms. The van der Waals surface area contributed by atoms with Gasteiger partial charge in [-0.2, -0.15) is 0 Å². The molecule has 1 aliphatic rings. The first-order valence-electron chi connectivity index (χ1n) is 7.19. The van der Waals surface area contributed by atoms with Crippen LogP contribution < -0.4 is 5.32 Å². The number of hydrogen-bond donors (Lipinski definition) is 3. The molecule has 2 atom stereocenters. The highest BCUT2D eigenvalue weighted by Gasteiger charge is 2.31. The van der Waals surface area contributed by atoms with Crippen molar-refractivity contribution < 1.29 is 15.0 Å². The first kappa shape index (κ1) is 15.5. The van der Waals surface area contributed by atoms with Crippen molar-refractivity contribution in [3.63, 3.8) is 0 Å². The Kier molecular flexibility index (Phi) is 5.18. The molecule has 0 spiro atoms. The predicted octanol–water partition coefficient (Wildman–Crippen LogP) is 2.41. The Bertz CT molecular complexity index is 460. The van der Waals surface area contributed by atoms with Crippen molar-refractivity contribution in [3.8, 4) is 0 Å². The zero-order valence-corrected chi connectivity index (χ0v) is 12.7. The predicted molar refractivity (Wildman–Crippen MR) is 79.9 cm³/mol. The fourth-order valence-corrected chi connectivity index (χ4v) is 3.95. The van der Waals surface area contributed by atoms with Gasteiger partial charge in [0.1, 0.15) is 0 Å². The molecule has 0 radical (unpaired) electrons. The molecule has 1 saturated carbocycles. The third-order valence-corrected chi connectivity index (χ3v) is 4.95. The van der Waals surface area contributed by atoms with Gasteiger partial charge in [-0.1, -0.05) is 19.8 Å². The minimum atomic E-state index is -0.795. The van der Waals surface area contributed by atoms with Gasteiger partial charge in [-0.05, 0) is 30.9 Å². The molecule has 2 rings (SSSR count). The molecule has 0 amide bonds. The smallest absolute Gasteiger partial charge is 0.308 e. The first-order chi connectivity index (χ1) is 9.47. The van der Waals surface area contributed by atoms with Gasteiger partial charge in [0.15, 0.2) is 0 Å². The van der Waals surface area contributed by atoms with E-state index in [0.29, 0.717) is 19.0 Å². The molecule has 4 nitrogen and oxygen atoms in total. The Morgan fingerprint density at radius 3 is 2.95 bits per heavy atom. The number of carbonyl (C=O) groups is 1. The molecule has 0 aromatic carbocycles. The van der Waals surface area contributed by atoms with Crippen molar-refractivity contribution in [2.75, 3.05) is 6.54 Å². The summed E-state index contributed by atoms with van der Waals surface area (Å²) in [6, 6.07) is 3.83. The van der Waals surface area contributed by atoms with Crippen LogP contribution in [0.5, 0.6) is 0 Å². The number of thiophene rings is 1. The van der Waals surface area contributed by atoms with Crippen LogP contribution in [0.25, 0.3) is 0 Å². The lowest BCUT2D eigenvalue weighted by molar-refractivity contribution is -0.136. The summed E-state index contributed by atoms with van der Waals surface area (Å²) in [4.78, 5) is 12.6. The van der Waals surface area contributed by atoms with Crippen LogP contribution in [0.1, 0.15) is 42.4 Å². The molecule has 0 saturated heterocycles. The minimum Gasteiger partial charge on any atom is -0.481 e. The molecule has 2 unspecified atom stereocenters. The number of carboxylic acids is 1. The van der Waals surface area contributed by atoms with E-state index in [0.717, 1.165) is 29.0 Å². The summed E-state index contributed by atoms with van der Waals surface area (Å²) in [5.74, 6) is -0.198. The highest BCUT2D eigenvalue weighted by atomic mass is 32.1. The summed E-state index contributed by atoms with van der Waals surface area (Å²) in [6.45, 7) is 3.51. The number of aliphatic carboxylic acids is 1. The second kappa shape index (κ2) is 6.70. The molecule has 112 valence electrons. The van der Waals surface area contributed by atoms with Crippen LogP contribution in [0.2, 0.25) is 0 Å². The quantitative estimate of drug-likeness (QED) is 0.754. The van der Waals surface area contributed by atoms with Gasteiger partial charge < -0.3 is 15.5 Å². The highest BCUT2D eigenvalue weighted by molar-refractivity contribution is 7.12. The average Bonchev–Trinajstić information content (AvgIpc) is 2.75. The van der Waals surface area contributed by atoms with E-state index in [1.807, 2.05) is 12.1 Å². The van der Waals surface area contributed by atoms with Gasteiger partial charge in [0, 0.05) is 22.8 Å². The third kappa shape index (κ3) is 4.58. The van der Waals surface area contributed by atoms with Crippen LogP contribution in [-0.4, -0.2) is 28.3 Å². The maximum atomic E-state index is 10.6. The van der Waals surface area contributed by atoms with E-state index < -0.39 is 11.6 Å². The van der Waals surface area contributed by atoms with Gasteiger partial charge >= 0.3 is 5.97 Å². The summed E-state index contributed by atoms with van der Waals surface area (Å²) in [7, 11) is 0. The van der Waals surface area contributed by atoms with Gasteiger partial charge in [-0.3, -0.25) is 4.79 Å². The summed E-state index contributed by atoms with van der Waals surface area (Å²) in [6.07, 6.45) is 4.15. The number of carboxylic acid groups (broad SMARTS) is 1. The lowest BCUT2D eigenvalue weighted by atomic mass is 9.79. The number of nitrogens with one attached hydrogen (secondary N) is 1. The van der Waals surface area contributed by atoms with E-state index in [-0.39, 0.29) is 6.42 Å². The van der Waals surface area contributed by atoms with Crippen molar-refractivity contribution in [2.24, 2.45) is 5.92 Å². The fourth-order valence-electron chi connectivity index (χ4n) is 2.97. The van der Waals surface area contributed by atoms with Gasteiger partial charge in [0.2, 0.25) is 0 Å². The second-order valence-corrected chi connectivity index (χ2v) is 7.22. The SMILES string of the molecule is CC1CCCC(O)(CNCc2ccc(CC(=O)O)s2)C1. The molecule has 3 N–H and O–H groups in total. The Morgan fingerprint density at radius 2 is 2.25 bits per heavy atom. The van der Waals surface area contributed by atoms with Crippen LogP contribution in [0.3, 0.4) is 0 Å². The first-order valence-corrected chi connectivity index (χ1v) is 8.01. The van der Waals surface area contributed by atoms with E-state index >= 15 is 0 Å². The average molecular weight is 297 g/mol. The second-order valence-electron chi connectivity index (χ2n) is 5.97. The van der Waals surface area contributed by atoms with Crippen LogP contribution in [0, 0.1) is 5.92 Å². The van der Waals surface area contributed by atoms with Crippen molar-refractivity contribution in [2.45, 2.75) is 51.2 Å². The van der Waals surface area contributed by atoms with Crippen LogP contribution in [0.15, 0.2) is 12.1 Å². The maximum Gasteiger partial charge on any atom is 0.308 e. The maximum absolute atomic E-state index is 10.6. The third-order valence-electron chi connectivity index (χ3n) is 3.86. The van der Waals surface area contributed by atoms with Crippen molar-refractivity contribution in [1.29, 1.82) is 0 Å². The Labute approximate surface area is 123 Å². The molecule has 1 heterocycles. The van der Waals surface area contributed by atoms with E-state index in [9.17, 15) is 9.90 Å². The van der Waals surface area contributed by atoms with Crippen LogP contribution in [0.4, 0.5) is 0 Å². The molecule has 0 bridgehead atoms. The van der Waals surface area contributed by atoms with Gasteiger partial charge in [-0.15, -0.1) is 11.3 Å². The Morgan fingerprint density at radius 1 is 1.50 bits per heavy atom. The summed E-state index contributed by atoms with van der Waals surface area (Å²) in [5.41, 5.74) is -0.571. The minimum absolute atomic E-state index is 0.0894. The van der Waals surface area contributed by atoms with E-state index in [4.69, 9.17) is 5.11 Å². The highest BCUT2D eigenvalue weighted by Crippen LogP contribution is 2.31. The van der Waals surface area contributed by atoms with Crippen LogP contribution in [-0.2, 0) is 17.8 Å². The molecule has 1 fully saturated rings. The van der Waals surface area contributed by atoms with Crippen molar-refractivity contribution in [3.05, 3.63) is 21.9 Å². The van der Waals surface area contributed by atoms with E-state index in [1.54, 1.807) is 0 Å². The van der Waals surface area contributed by atoms with Crippen molar-refractivity contribution >= 4 is 17.3 Å². The fraction of sp³-hybridized carbons (Fsp3) is 0.667. The van der Waals surface area contributed by atoms with E-state index in [2.05, 4.69) is 12.2 Å². The van der Waals surface area contributed by atoms with Gasteiger partial charge in [0.05, 0.1) is 12.0 Å². The van der Waals surface area contributed by atoms with Crippen LogP contribution >= 0.6 is 11.3 Å². The lowest BCUT2D eigenvalue weighted by Gasteiger charge is -2.35. The van der Waals surface area contributed by atoms with Gasteiger partial charge in [-0.25, -0.2) is 0 Å². The molecule has 0 aliphatic heterocycles. The summed E-state index contributed by atoms with van der Waals surface area (Å²) < 4.78 is 0. The Balaban J connectivity index is 1.77. The molecule has 1 aromatic heterocycles. The molecule has 1 aromatic rings. The number of hydrogen-bond acceptors (Lipinski definition) is 4. The molecular weight excluding hydrogens is 274 g/mol. The normalized spacial score (nSPS) is 26.6. The van der Waals surface area contributed by atoms with Gasteiger partial charge in [0.25, 0.3) is 0 Å². The summed E-state index contributed by atoms with van der Waals surface area (Å²) in [5, 5.41) is 22.6. The zero-order valence-electron chi connectivity index (χ0n) is 11.9. The van der Waals surface area contributed by atoms with Crippen molar-refractivity contribution in [1.82, 2.24) is 5.32 Å². The zero-order chi connectivity index (χ0) is 14.6. The summed E-state index contributed by atoms with van der Waals surface area (Å²) >= 11 is 1.52. The monoisotopic (exact) mass is 297 g/mol. The Hall–Kier alpha value is -0.910. The number of rotatable bonds is 6. The standard InChI is InChI=1S/C15H23NO3S/c1-11-3-2-6-15(19,8-11)10-16-9-13-5-4-12(20-13)7-14(17)18/h4-5,11,16,19H,2-3,6-10H2,1H3,(H,17,18). The lowest BCUT2D eigenvalue weighted by Crippen LogP contribution is -2.43. The van der Waals surface area contributed by atoms with E-state index in [1.165, 1.54) is 17.8 Å². The number of aliphatic hydroxyl groups is 1. The largest absolute Gasteiger partial charge is 0.481 e. The molecular formula is C15H23NO3S.